The zero-order chi connectivity index (χ0) is 15.2. The zero-order valence-corrected chi connectivity index (χ0v) is 12.2. The Morgan fingerprint density at radius 3 is 2.95 bits per heavy atom. The molecule has 0 bridgehead atoms. The molecule has 0 spiro atoms. The van der Waals surface area contributed by atoms with E-state index in [9.17, 15) is 9.59 Å². The van der Waals surface area contributed by atoms with Crippen molar-refractivity contribution in [3.05, 3.63) is 30.1 Å². The summed E-state index contributed by atoms with van der Waals surface area (Å²) in [5, 5.41) is 9.07. The normalized spacial score (nSPS) is 18.3. The average Bonchev–Trinajstić information content (AvgIpc) is 2.53. The van der Waals surface area contributed by atoms with E-state index in [4.69, 9.17) is 5.11 Å². The van der Waals surface area contributed by atoms with Gasteiger partial charge in [0, 0.05) is 45.0 Å². The van der Waals surface area contributed by atoms with E-state index in [0.29, 0.717) is 32.5 Å². The highest BCUT2D eigenvalue weighted by atomic mass is 16.4. The Kier molecular flexibility index (Phi) is 5.14. The van der Waals surface area contributed by atoms with Crippen LogP contribution in [0.1, 0.15) is 18.5 Å². The molecule has 1 fully saturated rings. The number of amides is 2. The van der Waals surface area contributed by atoms with Crippen molar-refractivity contribution in [2.75, 3.05) is 26.7 Å². The van der Waals surface area contributed by atoms with Crippen LogP contribution in [0, 0.1) is 5.92 Å². The van der Waals surface area contributed by atoms with E-state index in [1.165, 1.54) is 0 Å². The summed E-state index contributed by atoms with van der Waals surface area (Å²) < 4.78 is 0. The number of pyridine rings is 1. The van der Waals surface area contributed by atoms with Crippen molar-refractivity contribution >= 4 is 12.0 Å². The van der Waals surface area contributed by atoms with Crippen molar-refractivity contribution in [2.24, 2.45) is 5.92 Å². The van der Waals surface area contributed by atoms with Crippen LogP contribution in [0.15, 0.2) is 24.4 Å². The summed E-state index contributed by atoms with van der Waals surface area (Å²) in [6.45, 7) is 1.52. The first-order valence-electron chi connectivity index (χ1n) is 7.20. The molecule has 2 rings (SSSR count). The molecule has 0 saturated carbocycles. The lowest BCUT2D eigenvalue weighted by molar-refractivity contribution is -0.143. The molecule has 6 heteroatoms. The van der Waals surface area contributed by atoms with E-state index >= 15 is 0 Å². The molecule has 2 amide bonds. The van der Waals surface area contributed by atoms with Crippen molar-refractivity contribution in [1.29, 1.82) is 0 Å². The number of carbonyl (C=O) groups excluding carboxylic acids is 1. The van der Waals surface area contributed by atoms with Gasteiger partial charge in [-0.2, -0.15) is 0 Å². The van der Waals surface area contributed by atoms with Crippen LogP contribution in [0.4, 0.5) is 4.79 Å². The van der Waals surface area contributed by atoms with Gasteiger partial charge >= 0.3 is 12.0 Å². The second kappa shape index (κ2) is 7.06. The van der Waals surface area contributed by atoms with E-state index < -0.39 is 11.9 Å². The minimum atomic E-state index is -0.816. The molecule has 2 heterocycles. The molecule has 1 aliphatic heterocycles. The van der Waals surface area contributed by atoms with E-state index in [0.717, 1.165) is 12.1 Å². The highest BCUT2D eigenvalue weighted by molar-refractivity contribution is 5.76. The number of hydrogen-bond acceptors (Lipinski definition) is 3. The third-order valence-corrected chi connectivity index (χ3v) is 3.80. The van der Waals surface area contributed by atoms with Crippen LogP contribution in [0.25, 0.3) is 0 Å². The Morgan fingerprint density at radius 2 is 2.29 bits per heavy atom. The molecule has 1 saturated heterocycles. The number of piperidine rings is 1. The minimum Gasteiger partial charge on any atom is -0.481 e. The molecule has 1 unspecified atom stereocenters. The number of nitrogens with zero attached hydrogens (tertiary/aromatic N) is 3. The van der Waals surface area contributed by atoms with Crippen molar-refractivity contribution in [1.82, 2.24) is 14.8 Å². The van der Waals surface area contributed by atoms with E-state index in [1.807, 2.05) is 18.2 Å². The van der Waals surface area contributed by atoms with E-state index in [2.05, 4.69) is 4.98 Å². The lowest BCUT2D eigenvalue weighted by Crippen LogP contribution is -2.48. The van der Waals surface area contributed by atoms with E-state index in [1.54, 1.807) is 23.0 Å². The Hall–Kier alpha value is -2.11. The third kappa shape index (κ3) is 4.18. The summed E-state index contributed by atoms with van der Waals surface area (Å²) in [7, 11) is 1.75. The summed E-state index contributed by atoms with van der Waals surface area (Å²) in [6, 6.07) is 5.61. The summed E-state index contributed by atoms with van der Waals surface area (Å²) in [5.74, 6) is -1.25. The number of likely N-dealkylation sites (tertiary alicyclic amines) is 1. The predicted molar refractivity (Wildman–Crippen MR) is 77.9 cm³/mol. The van der Waals surface area contributed by atoms with Crippen LogP contribution in [0.5, 0.6) is 0 Å². The van der Waals surface area contributed by atoms with Gasteiger partial charge in [-0.3, -0.25) is 9.78 Å². The number of rotatable bonds is 4. The number of aliphatic carboxylic acids is 1. The fraction of sp³-hybridized carbons (Fsp3) is 0.533. The monoisotopic (exact) mass is 291 g/mol. The fourth-order valence-electron chi connectivity index (χ4n) is 2.52. The van der Waals surface area contributed by atoms with Gasteiger partial charge in [0.25, 0.3) is 0 Å². The van der Waals surface area contributed by atoms with Gasteiger partial charge in [-0.25, -0.2) is 4.79 Å². The molecule has 1 aromatic rings. The van der Waals surface area contributed by atoms with Gasteiger partial charge in [0.2, 0.25) is 0 Å². The quantitative estimate of drug-likeness (QED) is 0.911. The molecule has 21 heavy (non-hydrogen) atoms. The standard InChI is InChI=1S/C15H21N3O3/c1-17(10-7-13-6-2-3-8-16-13)15(21)18-9-4-5-12(11-18)14(19)20/h2-3,6,8,12H,4-5,7,9-11H2,1H3,(H,19,20). The molecular formula is C15H21N3O3. The SMILES string of the molecule is CN(CCc1ccccn1)C(=O)N1CCCC(C(=O)O)C1. The van der Waals surface area contributed by atoms with Crippen LogP contribution in [-0.2, 0) is 11.2 Å². The van der Waals surface area contributed by atoms with Crippen molar-refractivity contribution in [3.63, 3.8) is 0 Å². The largest absolute Gasteiger partial charge is 0.481 e. The fourth-order valence-corrected chi connectivity index (χ4v) is 2.52. The summed E-state index contributed by atoms with van der Waals surface area (Å²) in [4.78, 5) is 30.9. The molecule has 1 atom stereocenters. The third-order valence-electron chi connectivity index (χ3n) is 3.80. The summed E-state index contributed by atoms with van der Waals surface area (Å²) >= 11 is 0. The Labute approximate surface area is 124 Å². The molecule has 114 valence electrons. The number of urea groups is 1. The number of carbonyl (C=O) groups is 2. The van der Waals surface area contributed by atoms with Crippen LogP contribution in [0.3, 0.4) is 0 Å². The molecule has 1 aromatic heterocycles. The van der Waals surface area contributed by atoms with Crippen LogP contribution in [-0.4, -0.2) is 58.6 Å². The smallest absolute Gasteiger partial charge is 0.319 e. The molecule has 0 aromatic carbocycles. The van der Waals surface area contributed by atoms with Gasteiger partial charge in [0.1, 0.15) is 0 Å². The van der Waals surface area contributed by atoms with Gasteiger partial charge < -0.3 is 14.9 Å². The number of hydrogen-bond donors (Lipinski definition) is 1. The second-order valence-corrected chi connectivity index (χ2v) is 5.40. The lowest BCUT2D eigenvalue weighted by atomic mass is 9.99. The van der Waals surface area contributed by atoms with Gasteiger partial charge in [-0.05, 0) is 25.0 Å². The maximum absolute atomic E-state index is 12.3. The number of carboxylic acids is 1. The highest BCUT2D eigenvalue weighted by Gasteiger charge is 2.29. The Bertz CT molecular complexity index is 492. The molecule has 0 radical (unpaired) electrons. The average molecular weight is 291 g/mol. The van der Waals surface area contributed by atoms with Gasteiger partial charge in [-0.15, -0.1) is 0 Å². The highest BCUT2D eigenvalue weighted by Crippen LogP contribution is 2.17. The van der Waals surface area contributed by atoms with Gasteiger partial charge in [0.05, 0.1) is 5.92 Å². The van der Waals surface area contributed by atoms with Crippen LogP contribution < -0.4 is 0 Å². The van der Waals surface area contributed by atoms with Gasteiger partial charge in [0.15, 0.2) is 0 Å². The van der Waals surface area contributed by atoms with Crippen LogP contribution >= 0.6 is 0 Å². The van der Waals surface area contributed by atoms with E-state index in [-0.39, 0.29) is 6.03 Å². The van der Waals surface area contributed by atoms with Crippen molar-refractivity contribution in [2.45, 2.75) is 19.3 Å². The number of likely N-dealkylation sites (N-methyl/N-ethyl adjacent to an activating group) is 1. The molecule has 0 aliphatic carbocycles. The minimum absolute atomic E-state index is 0.100. The maximum Gasteiger partial charge on any atom is 0.319 e. The topological polar surface area (TPSA) is 73.7 Å². The number of aromatic nitrogens is 1. The molecule has 1 aliphatic rings. The van der Waals surface area contributed by atoms with Crippen LogP contribution in [0.2, 0.25) is 0 Å². The zero-order valence-electron chi connectivity index (χ0n) is 12.2. The molecule has 6 nitrogen and oxygen atoms in total. The Balaban J connectivity index is 1.85. The summed E-state index contributed by atoms with van der Waals surface area (Å²) in [6.07, 6.45) is 3.83. The molecular weight excluding hydrogens is 270 g/mol. The second-order valence-electron chi connectivity index (χ2n) is 5.40. The molecule has 1 N–H and O–H groups in total. The van der Waals surface area contributed by atoms with Crippen molar-refractivity contribution < 1.29 is 14.7 Å². The predicted octanol–water partition coefficient (Wildman–Crippen LogP) is 1.47. The number of carboxylic acid groups (broad SMARTS) is 1. The maximum atomic E-state index is 12.3. The summed E-state index contributed by atoms with van der Waals surface area (Å²) in [5.41, 5.74) is 0.944. The first-order valence-corrected chi connectivity index (χ1v) is 7.20. The van der Waals surface area contributed by atoms with Gasteiger partial charge in [-0.1, -0.05) is 6.07 Å². The lowest BCUT2D eigenvalue weighted by Gasteiger charge is -2.33. The van der Waals surface area contributed by atoms with Crippen molar-refractivity contribution in [3.8, 4) is 0 Å². The first kappa shape index (κ1) is 15.3. The first-order chi connectivity index (χ1) is 10.1. The Morgan fingerprint density at radius 1 is 1.48 bits per heavy atom.